The highest BCUT2D eigenvalue weighted by atomic mass is 16.5. The van der Waals surface area contributed by atoms with Gasteiger partial charge in [-0.3, -0.25) is 0 Å². The number of nitrogen functional groups attached to an aromatic ring is 1. The standard InChI is InChI=1S/C17H22N2O2/c1-19-15(10-12-6-4-5-7-14(12)18)13-8-9-16(20-2)17(11-13)21-3/h4-9,11,15,19H,10,18H2,1-3H3. The summed E-state index contributed by atoms with van der Waals surface area (Å²) in [6.45, 7) is 0. The van der Waals surface area contributed by atoms with Crippen LogP contribution in [0.4, 0.5) is 5.69 Å². The van der Waals surface area contributed by atoms with Gasteiger partial charge in [-0.1, -0.05) is 24.3 Å². The number of nitrogens with two attached hydrogens (primary N) is 1. The fourth-order valence-corrected chi connectivity index (χ4v) is 2.40. The van der Waals surface area contributed by atoms with Gasteiger partial charge in [-0.05, 0) is 42.8 Å². The minimum Gasteiger partial charge on any atom is -0.493 e. The smallest absolute Gasteiger partial charge is 0.161 e. The van der Waals surface area contributed by atoms with Gasteiger partial charge in [-0.15, -0.1) is 0 Å². The molecule has 0 heterocycles. The fourth-order valence-electron chi connectivity index (χ4n) is 2.40. The third-order valence-corrected chi connectivity index (χ3v) is 3.64. The summed E-state index contributed by atoms with van der Waals surface area (Å²) in [6, 6.07) is 14.1. The van der Waals surface area contributed by atoms with Crippen molar-refractivity contribution >= 4 is 5.69 Å². The van der Waals surface area contributed by atoms with Gasteiger partial charge in [0.15, 0.2) is 11.5 Å². The molecule has 1 unspecified atom stereocenters. The number of para-hydroxylation sites is 1. The summed E-state index contributed by atoms with van der Waals surface area (Å²) < 4.78 is 10.6. The lowest BCUT2D eigenvalue weighted by atomic mass is 9.97. The molecule has 0 aromatic heterocycles. The van der Waals surface area contributed by atoms with Gasteiger partial charge in [-0.2, -0.15) is 0 Å². The van der Waals surface area contributed by atoms with Crippen molar-refractivity contribution < 1.29 is 9.47 Å². The molecule has 0 saturated heterocycles. The van der Waals surface area contributed by atoms with E-state index in [-0.39, 0.29) is 6.04 Å². The highest BCUT2D eigenvalue weighted by molar-refractivity contribution is 5.48. The van der Waals surface area contributed by atoms with Crippen LogP contribution in [-0.2, 0) is 6.42 Å². The number of nitrogens with one attached hydrogen (secondary N) is 1. The molecule has 0 spiro atoms. The number of anilines is 1. The maximum absolute atomic E-state index is 6.03. The lowest BCUT2D eigenvalue weighted by molar-refractivity contribution is 0.354. The Morgan fingerprint density at radius 3 is 2.38 bits per heavy atom. The molecule has 4 heteroatoms. The first-order chi connectivity index (χ1) is 10.2. The molecule has 0 aliphatic carbocycles. The molecule has 2 rings (SSSR count). The number of benzene rings is 2. The van der Waals surface area contributed by atoms with Crippen molar-refractivity contribution in [3.8, 4) is 11.5 Å². The molecule has 0 radical (unpaired) electrons. The second-order valence-corrected chi connectivity index (χ2v) is 4.86. The summed E-state index contributed by atoms with van der Waals surface area (Å²) in [6.07, 6.45) is 0.818. The molecule has 1 atom stereocenters. The van der Waals surface area contributed by atoms with Crippen LogP contribution in [-0.4, -0.2) is 21.3 Å². The third-order valence-electron chi connectivity index (χ3n) is 3.64. The van der Waals surface area contributed by atoms with Crippen LogP contribution in [0.15, 0.2) is 42.5 Å². The van der Waals surface area contributed by atoms with Gasteiger partial charge in [0.05, 0.1) is 14.2 Å². The van der Waals surface area contributed by atoms with Crippen LogP contribution in [0.5, 0.6) is 11.5 Å². The number of methoxy groups -OCH3 is 2. The van der Waals surface area contributed by atoms with E-state index in [0.717, 1.165) is 34.7 Å². The molecule has 21 heavy (non-hydrogen) atoms. The molecule has 0 fully saturated rings. The number of likely N-dealkylation sites (N-methyl/N-ethyl adjacent to an activating group) is 1. The van der Waals surface area contributed by atoms with Crippen LogP contribution >= 0.6 is 0 Å². The van der Waals surface area contributed by atoms with Crippen LogP contribution in [0.1, 0.15) is 17.2 Å². The van der Waals surface area contributed by atoms with Gasteiger partial charge in [0.25, 0.3) is 0 Å². The third kappa shape index (κ3) is 3.47. The minimum atomic E-state index is 0.162. The summed E-state index contributed by atoms with van der Waals surface area (Å²) in [5.74, 6) is 1.46. The second-order valence-electron chi connectivity index (χ2n) is 4.86. The zero-order valence-corrected chi connectivity index (χ0v) is 12.7. The summed E-state index contributed by atoms with van der Waals surface area (Å²) >= 11 is 0. The Kier molecular flexibility index (Phi) is 5.06. The van der Waals surface area contributed by atoms with E-state index in [2.05, 4.69) is 11.4 Å². The normalized spacial score (nSPS) is 12.0. The first kappa shape index (κ1) is 15.2. The zero-order valence-electron chi connectivity index (χ0n) is 12.7. The largest absolute Gasteiger partial charge is 0.493 e. The summed E-state index contributed by atoms with van der Waals surface area (Å²) in [7, 11) is 5.23. The van der Waals surface area contributed by atoms with E-state index in [9.17, 15) is 0 Å². The molecule has 0 aliphatic rings. The highest BCUT2D eigenvalue weighted by Gasteiger charge is 2.14. The van der Waals surface area contributed by atoms with E-state index in [1.165, 1.54) is 0 Å². The molecular weight excluding hydrogens is 264 g/mol. The van der Waals surface area contributed by atoms with Gasteiger partial charge in [0.2, 0.25) is 0 Å². The number of ether oxygens (including phenoxy) is 2. The average molecular weight is 286 g/mol. The van der Waals surface area contributed by atoms with Gasteiger partial charge in [0, 0.05) is 11.7 Å². The van der Waals surface area contributed by atoms with Gasteiger partial charge in [-0.25, -0.2) is 0 Å². The molecular formula is C17H22N2O2. The Hall–Kier alpha value is -2.20. The maximum atomic E-state index is 6.03. The number of hydrogen-bond acceptors (Lipinski definition) is 4. The van der Waals surface area contributed by atoms with Gasteiger partial charge < -0.3 is 20.5 Å². The van der Waals surface area contributed by atoms with Crippen LogP contribution in [0.2, 0.25) is 0 Å². The SMILES string of the molecule is CNC(Cc1ccccc1N)c1ccc(OC)c(OC)c1. The van der Waals surface area contributed by atoms with Crippen LogP contribution in [0.25, 0.3) is 0 Å². The molecule has 0 aliphatic heterocycles. The van der Waals surface area contributed by atoms with Crippen molar-refractivity contribution in [2.75, 3.05) is 27.0 Å². The van der Waals surface area contributed by atoms with Crippen molar-refractivity contribution in [2.45, 2.75) is 12.5 Å². The molecule has 4 nitrogen and oxygen atoms in total. The Labute approximate surface area is 125 Å². The first-order valence-electron chi connectivity index (χ1n) is 6.92. The lowest BCUT2D eigenvalue weighted by Crippen LogP contribution is -2.19. The molecule has 0 bridgehead atoms. The Bertz CT molecular complexity index is 599. The monoisotopic (exact) mass is 286 g/mol. The summed E-state index contributed by atoms with van der Waals surface area (Å²) in [5.41, 5.74) is 9.12. The molecule has 2 aromatic rings. The van der Waals surface area contributed by atoms with Crippen molar-refractivity contribution in [3.05, 3.63) is 53.6 Å². The van der Waals surface area contributed by atoms with Crippen LogP contribution in [0.3, 0.4) is 0 Å². The molecule has 3 N–H and O–H groups in total. The average Bonchev–Trinajstić information content (AvgIpc) is 2.53. The van der Waals surface area contributed by atoms with Gasteiger partial charge in [0.1, 0.15) is 0 Å². The van der Waals surface area contributed by atoms with Crippen molar-refractivity contribution in [1.82, 2.24) is 5.32 Å². The van der Waals surface area contributed by atoms with Crippen molar-refractivity contribution in [1.29, 1.82) is 0 Å². The summed E-state index contributed by atoms with van der Waals surface area (Å²) in [5, 5.41) is 3.33. The highest BCUT2D eigenvalue weighted by Crippen LogP contribution is 2.31. The maximum Gasteiger partial charge on any atom is 0.161 e. The zero-order chi connectivity index (χ0) is 15.2. The second kappa shape index (κ2) is 6.99. The first-order valence-corrected chi connectivity index (χ1v) is 6.92. The quantitative estimate of drug-likeness (QED) is 0.802. The van der Waals surface area contributed by atoms with Crippen LogP contribution in [0, 0.1) is 0 Å². The lowest BCUT2D eigenvalue weighted by Gasteiger charge is -2.19. The van der Waals surface area contributed by atoms with E-state index in [0.29, 0.717) is 0 Å². The van der Waals surface area contributed by atoms with Crippen molar-refractivity contribution in [3.63, 3.8) is 0 Å². The predicted octanol–water partition coefficient (Wildman–Crippen LogP) is 2.79. The van der Waals surface area contributed by atoms with E-state index in [1.807, 2.05) is 43.4 Å². The van der Waals surface area contributed by atoms with E-state index in [4.69, 9.17) is 15.2 Å². The van der Waals surface area contributed by atoms with Gasteiger partial charge >= 0.3 is 0 Å². The molecule has 112 valence electrons. The fraction of sp³-hybridized carbons (Fsp3) is 0.294. The van der Waals surface area contributed by atoms with E-state index in [1.54, 1.807) is 14.2 Å². The summed E-state index contributed by atoms with van der Waals surface area (Å²) in [4.78, 5) is 0. The minimum absolute atomic E-state index is 0.162. The Morgan fingerprint density at radius 1 is 1.05 bits per heavy atom. The Morgan fingerprint density at radius 2 is 1.76 bits per heavy atom. The number of rotatable bonds is 6. The van der Waals surface area contributed by atoms with Crippen molar-refractivity contribution in [2.24, 2.45) is 0 Å². The van der Waals surface area contributed by atoms with E-state index < -0.39 is 0 Å². The molecule has 0 saturated carbocycles. The topological polar surface area (TPSA) is 56.5 Å². The number of hydrogen-bond donors (Lipinski definition) is 2. The van der Waals surface area contributed by atoms with E-state index >= 15 is 0 Å². The molecule has 0 amide bonds. The molecule has 2 aromatic carbocycles. The predicted molar refractivity (Wildman–Crippen MR) is 85.9 cm³/mol. The van der Waals surface area contributed by atoms with Crippen LogP contribution < -0.4 is 20.5 Å². The Balaban J connectivity index is 2.27.